The monoisotopic (exact) mass is 424 g/mol. The number of carbonyl (C=O) groups excluding carboxylic acids is 2. The minimum atomic E-state index is -0.933. The number of halogens is 1. The molecule has 1 heterocycles. The number of fused-ring (bicyclic) bond motifs is 1. The van der Waals surface area contributed by atoms with Gasteiger partial charge in [-0.1, -0.05) is 67.6 Å². The molecule has 2 aromatic carbocycles. The third kappa shape index (κ3) is 4.24. The summed E-state index contributed by atoms with van der Waals surface area (Å²) in [6.07, 6.45) is 7.32. The van der Waals surface area contributed by atoms with Crippen LogP contribution in [0.2, 0.25) is 5.02 Å². The predicted octanol–water partition coefficient (Wildman–Crippen LogP) is 5.14. The van der Waals surface area contributed by atoms with E-state index in [-0.39, 0.29) is 17.9 Å². The molecule has 0 spiro atoms. The summed E-state index contributed by atoms with van der Waals surface area (Å²) >= 11 is 6.03. The van der Waals surface area contributed by atoms with Gasteiger partial charge in [-0.2, -0.15) is 0 Å². The van der Waals surface area contributed by atoms with Crippen molar-refractivity contribution in [2.24, 2.45) is 0 Å². The molecule has 2 aromatic rings. The summed E-state index contributed by atoms with van der Waals surface area (Å²) in [5.74, 6) is -0.142. The molecule has 2 aliphatic rings. The molecule has 0 saturated heterocycles. The summed E-state index contributed by atoms with van der Waals surface area (Å²) in [6.45, 7) is 2.28. The highest BCUT2D eigenvalue weighted by Crippen LogP contribution is 2.33. The van der Waals surface area contributed by atoms with E-state index in [1.165, 1.54) is 12.8 Å². The maximum Gasteiger partial charge on any atom is 0.255 e. The molecular formula is C25H29ClN2O2. The van der Waals surface area contributed by atoms with E-state index in [9.17, 15) is 9.59 Å². The first-order chi connectivity index (χ1) is 14.5. The van der Waals surface area contributed by atoms with Crippen molar-refractivity contribution in [1.29, 1.82) is 0 Å². The molecule has 0 bridgehead atoms. The van der Waals surface area contributed by atoms with Crippen LogP contribution >= 0.6 is 11.6 Å². The molecule has 1 N–H and O–H groups in total. The van der Waals surface area contributed by atoms with Crippen LogP contribution in [-0.4, -0.2) is 28.3 Å². The second-order valence-corrected chi connectivity index (χ2v) is 9.22. The van der Waals surface area contributed by atoms with E-state index >= 15 is 0 Å². The fourth-order valence-corrected chi connectivity index (χ4v) is 4.83. The molecule has 1 fully saturated rings. The van der Waals surface area contributed by atoms with Gasteiger partial charge in [0.25, 0.3) is 5.91 Å². The Morgan fingerprint density at radius 3 is 2.43 bits per heavy atom. The molecule has 4 rings (SSSR count). The average molecular weight is 425 g/mol. The number of hydrogen-bond acceptors (Lipinski definition) is 2. The average Bonchev–Trinajstić information content (AvgIpc) is 3.01. The molecule has 1 aliphatic heterocycles. The minimum absolute atomic E-state index is 0.0498. The van der Waals surface area contributed by atoms with Crippen LogP contribution in [0.5, 0.6) is 0 Å². The zero-order valence-electron chi connectivity index (χ0n) is 17.5. The zero-order chi connectivity index (χ0) is 21.1. The van der Waals surface area contributed by atoms with Crippen LogP contribution in [0.4, 0.5) is 0 Å². The van der Waals surface area contributed by atoms with Crippen molar-refractivity contribution in [3.63, 3.8) is 0 Å². The number of nitrogens with zero attached hydrogens (tertiary/aromatic N) is 1. The van der Waals surface area contributed by atoms with Gasteiger partial charge in [-0.25, -0.2) is 0 Å². The normalized spacial score (nSPS) is 22.3. The van der Waals surface area contributed by atoms with Crippen molar-refractivity contribution in [3.05, 3.63) is 70.2 Å². The van der Waals surface area contributed by atoms with Gasteiger partial charge < -0.3 is 10.2 Å². The van der Waals surface area contributed by atoms with Crippen molar-refractivity contribution in [1.82, 2.24) is 10.2 Å². The lowest BCUT2D eigenvalue weighted by Crippen LogP contribution is -2.63. The molecule has 4 nitrogen and oxygen atoms in total. The quantitative estimate of drug-likeness (QED) is 0.691. The van der Waals surface area contributed by atoms with E-state index in [4.69, 9.17) is 11.6 Å². The highest BCUT2D eigenvalue weighted by Gasteiger charge is 2.47. The second kappa shape index (κ2) is 8.81. The Labute approximate surface area is 183 Å². The van der Waals surface area contributed by atoms with Gasteiger partial charge in [-0.15, -0.1) is 0 Å². The van der Waals surface area contributed by atoms with Crippen LogP contribution < -0.4 is 5.32 Å². The summed E-state index contributed by atoms with van der Waals surface area (Å²) in [7, 11) is 0. The van der Waals surface area contributed by atoms with Crippen molar-refractivity contribution in [3.8, 4) is 0 Å². The van der Waals surface area contributed by atoms with Crippen LogP contribution in [0, 0.1) is 0 Å². The van der Waals surface area contributed by atoms with E-state index in [0.29, 0.717) is 23.6 Å². The topological polar surface area (TPSA) is 49.4 Å². The Hall–Kier alpha value is -2.33. The lowest BCUT2D eigenvalue weighted by atomic mass is 9.82. The Kier molecular flexibility index (Phi) is 6.14. The lowest BCUT2D eigenvalue weighted by molar-refractivity contribution is -0.132. The maximum absolute atomic E-state index is 13.6. The van der Waals surface area contributed by atoms with E-state index < -0.39 is 5.54 Å². The first-order valence-corrected chi connectivity index (χ1v) is 11.3. The Bertz CT molecular complexity index is 919. The maximum atomic E-state index is 13.6. The number of rotatable bonds is 4. The number of benzene rings is 2. The zero-order valence-corrected chi connectivity index (χ0v) is 18.3. The molecule has 2 amide bonds. The van der Waals surface area contributed by atoms with Crippen LogP contribution in [0.25, 0.3) is 0 Å². The van der Waals surface area contributed by atoms with Gasteiger partial charge >= 0.3 is 0 Å². The summed E-state index contributed by atoms with van der Waals surface area (Å²) in [4.78, 5) is 28.8. The minimum Gasteiger partial charge on any atom is -0.351 e. The summed E-state index contributed by atoms with van der Waals surface area (Å²) in [6, 6.07) is 15.3. The largest absolute Gasteiger partial charge is 0.351 e. The predicted molar refractivity (Wildman–Crippen MR) is 120 cm³/mol. The van der Waals surface area contributed by atoms with Gasteiger partial charge in [0.05, 0.1) is 0 Å². The lowest BCUT2D eigenvalue weighted by Gasteiger charge is -2.44. The third-order valence-corrected chi connectivity index (χ3v) is 6.81. The number of hydrogen-bond donors (Lipinski definition) is 1. The Morgan fingerprint density at radius 1 is 1.07 bits per heavy atom. The van der Waals surface area contributed by atoms with Gasteiger partial charge in [0.2, 0.25) is 5.91 Å². The van der Waals surface area contributed by atoms with Gasteiger partial charge in [0, 0.05) is 29.6 Å². The van der Waals surface area contributed by atoms with Crippen LogP contribution in [0.1, 0.15) is 66.9 Å². The first kappa shape index (κ1) is 20.9. The van der Waals surface area contributed by atoms with Crippen LogP contribution in [-0.2, 0) is 17.8 Å². The fraction of sp³-hybridized carbons (Fsp3) is 0.440. The molecule has 0 aromatic heterocycles. The van der Waals surface area contributed by atoms with Gasteiger partial charge in [0.1, 0.15) is 5.54 Å². The van der Waals surface area contributed by atoms with Crippen LogP contribution in [0.3, 0.4) is 0 Å². The smallest absolute Gasteiger partial charge is 0.255 e. The molecule has 158 valence electrons. The summed E-state index contributed by atoms with van der Waals surface area (Å²) in [5, 5.41) is 3.95. The number of nitrogens with one attached hydrogen (secondary N) is 1. The van der Waals surface area contributed by atoms with Crippen molar-refractivity contribution >= 4 is 23.4 Å². The molecule has 1 atom stereocenters. The van der Waals surface area contributed by atoms with E-state index in [1.54, 1.807) is 4.90 Å². The highest BCUT2D eigenvalue weighted by molar-refractivity contribution is 6.30. The highest BCUT2D eigenvalue weighted by atomic mass is 35.5. The molecular weight excluding hydrogens is 396 g/mol. The molecule has 1 aliphatic carbocycles. The molecule has 0 unspecified atom stereocenters. The molecule has 30 heavy (non-hydrogen) atoms. The van der Waals surface area contributed by atoms with E-state index in [2.05, 4.69) is 5.32 Å². The van der Waals surface area contributed by atoms with Crippen molar-refractivity contribution in [2.75, 3.05) is 0 Å². The Balaban J connectivity index is 1.65. The summed E-state index contributed by atoms with van der Waals surface area (Å²) in [5.41, 5.74) is 1.65. The number of amides is 2. The Morgan fingerprint density at radius 2 is 1.73 bits per heavy atom. The van der Waals surface area contributed by atoms with Gasteiger partial charge in [0.15, 0.2) is 0 Å². The number of carbonyl (C=O) groups is 2. The summed E-state index contributed by atoms with van der Waals surface area (Å²) < 4.78 is 0. The van der Waals surface area contributed by atoms with Crippen molar-refractivity contribution in [2.45, 2.75) is 70.0 Å². The molecule has 1 saturated carbocycles. The molecule has 0 radical (unpaired) electrons. The standard InChI is InChI=1S/C25H29ClN2O2/c1-25(24(30)27-21-9-4-2-3-5-10-21)16-19-8-6-7-11-22(19)23(29)28(25)17-18-12-14-20(26)15-13-18/h6-8,11-15,21H,2-5,9-10,16-17H2,1H3,(H,27,30)/t25-/m0/s1. The SMILES string of the molecule is C[C@@]1(C(=O)NC2CCCCCC2)Cc2ccccc2C(=O)N1Cc1ccc(Cl)cc1. The third-order valence-electron chi connectivity index (χ3n) is 6.56. The van der Waals surface area contributed by atoms with Gasteiger partial charge in [-0.05, 0) is 49.1 Å². The van der Waals surface area contributed by atoms with E-state index in [0.717, 1.165) is 36.8 Å². The van der Waals surface area contributed by atoms with Gasteiger partial charge in [-0.3, -0.25) is 9.59 Å². The second-order valence-electron chi connectivity index (χ2n) is 8.79. The first-order valence-electron chi connectivity index (χ1n) is 10.9. The van der Waals surface area contributed by atoms with E-state index in [1.807, 2.05) is 55.5 Å². The molecule has 5 heteroatoms. The van der Waals surface area contributed by atoms with Crippen molar-refractivity contribution < 1.29 is 9.59 Å². The van der Waals surface area contributed by atoms with Crippen LogP contribution in [0.15, 0.2) is 48.5 Å². The fourth-order valence-electron chi connectivity index (χ4n) is 4.71.